The highest BCUT2D eigenvalue weighted by molar-refractivity contribution is 6.31. The van der Waals surface area contributed by atoms with Gasteiger partial charge in [-0.25, -0.2) is 4.79 Å². The fourth-order valence-corrected chi connectivity index (χ4v) is 3.18. The van der Waals surface area contributed by atoms with E-state index in [9.17, 15) is 19.5 Å². The molecule has 1 aromatic heterocycles. The number of hydrogen-bond donors (Lipinski definition) is 1. The number of halogens is 1. The number of carboxylic acids is 1. The molecule has 1 N–H and O–H groups in total. The Kier molecular flexibility index (Phi) is 6.21. The van der Waals surface area contributed by atoms with Crippen LogP contribution in [0.15, 0.2) is 24.3 Å². The predicted octanol–water partition coefficient (Wildman–Crippen LogP) is 3.28. The third-order valence-electron chi connectivity index (χ3n) is 4.07. The molecule has 1 heterocycles. The third-order valence-corrected chi connectivity index (χ3v) is 4.31. The summed E-state index contributed by atoms with van der Waals surface area (Å²) in [6.07, 6.45) is -0.0102. The number of aromatic nitrogens is 1. The molecule has 0 aliphatic rings. The number of carbonyl (C=O) groups is 3. The van der Waals surface area contributed by atoms with Crippen LogP contribution in [0.4, 0.5) is 0 Å². The Morgan fingerprint density at radius 2 is 1.92 bits per heavy atom. The van der Waals surface area contributed by atoms with Crippen molar-refractivity contribution in [3.05, 3.63) is 57.4 Å². The van der Waals surface area contributed by atoms with Crippen molar-refractivity contribution in [3.63, 3.8) is 0 Å². The molecule has 0 atom stereocenters. The molecule has 0 aliphatic heterocycles. The number of ketones is 1. The molecule has 0 fully saturated rings. The van der Waals surface area contributed by atoms with Crippen LogP contribution in [0.3, 0.4) is 0 Å². The SMILES string of the molecule is CCOC(=O)c1c(CC)c(C(=O)c2cccc(Cl)c2)n(C)c1CC(=O)O. The fourth-order valence-electron chi connectivity index (χ4n) is 2.99. The highest BCUT2D eigenvalue weighted by Gasteiger charge is 2.30. The number of esters is 1. The summed E-state index contributed by atoms with van der Waals surface area (Å²) in [5.41, 5.74) is 1.52. The Morgan fingerprint density at radius 3 is 2.46 bits per heavy atom. The highest BCUT2D eigenvalue weighted by Crippen LogP contribution is 2.27. The zero-order valence-corrected chi connectivity index (χ0v) is 15.6. The Hall–Kier alpha value is -2.60. The second-order valence-corrected chi connectivity index (χ2v) is 6.13. The van der Waals surface area contributed by atoms with Crippen molar-refractivity contribution in [2.75, 3.05) is 6.61 Å². The first-order valence-corrected chi connectivity index (χ1v) is 8.59. The minimum atomic E-state index is -1.10. The van der Waals surface area contributed by atoms with Crippen molar-refractivity contribution in [2.24, 2.45) is 7.05 Å². The topological polar surface area (TPSA) is 85.6 Å². The molecule has 0 spiro atoms. The maximum Gasteiger partial charge on any atom is 0.340 e. The lowest BCUT2D eigenvalue weighted by Gasteiger charge is -2.08. The van der Waals surface area contributed by atoms with Crippen LogP contribution in [0, 0.1) is 0 Å². The number of carboxylic acid groups (broad SMARTS) is 1. The van der Waals surface area contributed by atoms with Crippen LogP contribution in [0.25, 0.3) is 0 Å². The number of nitrogens with zero attached hydrogens (tertiary/aromatic N) is 1. The van der Waals surface area contributed by atoms with Crippen molar-refractivity contribution < 1.29 is 24.2 Å². The zero-order chi connectivity index (χ0) is 19.4. The first kappa shape index (κ1) is 19.7. The number of benzene rings is 1. The first-order valence-electron chi connectivity index (χ1n) is 8.21. The van der Waals surface area contributed by atoms with E-state index in [1.54, 1.807) is 39.1 Å². The minimum Gasteiger partial charge on any atom is -0.481 e. The lowest BCUT2D eigenvalue weighted by atomic mass is 10.00. The van der Waals surface area contributed by atoms with Gasteiger partial charge in [-0.2, -0.15) is 0 Å². The van der Waals surface area contributed by atoms with Crippen molar-refractivity contribution in [1.82, 2.24) is 4.57 Å². The number of aliphatic carboxylic acids is 1. The van der Waals surface area contributed by atoms with E-state index in [1.165, 1.54) is 10.6 Å². The second-order valence-electron chi connectivity index (χ2n) is 5.69. The molecular weight excluding hydrogens is 358 g/mol. The first-order chi connectivity index (χ1) is 12.3. The van der Waals surface area contributed by atoms with Gasteiger partial charge in [0.25, 0.3) is 0 Å². The molecule has 0 aliphatic carbocycles. The molecule has 138 valence electrons. The molecule has 2 rings (SSSR count). The van der Waals surface area contributed by atoms with E-state index in [1.807, 2.05) is 0 Å². The summed E-state index contributed by atoms with van der Waals surface area (Å²) in [5, 5.41) is 9.64. The van der Waals surface area contributed by atoms with Gasteiger partial charge in [0.15, 0.2) is 0 Å². The fraction of sp³-hybridized carbons (Fsp3) is 0.316. The van der Waals surface area contributed by atoms with Crippen LogP contribution in [-0.2, 0) is 29.4 Å². The van der Waals surface area contributed by atoms with Crippen LogP contribution in [0.5, 0.6) is 0 Å². The lowest BCUT2D eigenvalue weighted by Crippen LogP contribution is -2.14. The number of hydrogen-bond acceptors (Lipinski definition) is 4. The standard InChI is InChI=1S/C19H20ClNO5/c1-4-13-16(19(25)26-5-2)14(10-15(22)23)21(3)17(13)18(24)11-7-6-8-12(20)9-11/h6-9H,4-5,10H2,1-3H3,(H,22,23). The smallest absolute Gasteiger partial charge is 0.340 e. The number of ether oxygens (including phenoxy) is 1. The van der Waals surface area contributed by atoms with Crippen molar-refractivity contribution in [3.8, 4) is 0 Å². The Bertz CT molecular complexity index is 869. The van der Waals surface area contributed by atoms with Gasteiger partial charge in [0.1, 0.15) is 0 Å². The van der Waals surface area contributed by atoms with Gasteiger partial charge in [0.2, 0.25) is 5.78 Å². The molecule has 2 aromatic rings. The van der Waals surface area contributed by atoms with Gasteiger partial charge >= 0.3 is 11.9 Å². The largest absolute Gasteiger partial charge is 0.481 e. The molecule has 0 saturated carbocycles. The van der Waals surface area contributed by atoms with Gasteiger partial charge in [0, 0.05) is 23.3 Å². The molecule has 0 radical (unpaired) electrons. The van der Waals surface area contributed by atoms with Crippen LogP contribution in [0.2, 0.25) is 5.02 Å². The molecule has 0 saturated heterocycles. The van der Waals surface area contributed by atoms with E-state index in [0.717, 1.165) is 0 Å². The predicted molar refractivity (Wildman–Crippen MR) is 97.0 cm³/mol. The van der Waals surface area contributed by atoms with E-state index >= 15 is 0 Å². The minimum absolute atomic E-state index is 0.154. The molecule has 0 amide bonds. The van der Waals surface area contributed by atoms with Crippen molar-refractivity contribution in [1.29, 1.82) is 0 Å². The van der Waals surface area contributed by atoms with Crippen LogP contribution < -0.4 is 0 Å². The average Bonchev–Trinajstić information content (AvgIpc) is 2.86. The van der Waals surface area contributed by atoms with E-state index < -0.39 is 11.9 Å². The Morgan fingerprint density at radius 1 is 1.23 bits per heavy atom. The molecule has 7 heteroatoms. The molecule has 0 bridgehead atoms. The quantitative estimate of drug-likeness (QED) is 0.591. The highest BCUT2D eigenvalue weighted by atomic mass is 35.5. The van der Waals surface area contributed by atoms with Crippen molar-refractivity contribution in [2.45, 2.75) is 26.7 Å². The van der Waals surface area contributed by atoms with E-state index in [4.69, 9.17) is 16.3 Å². The van der Waals surface area contributed by atoms with Crippen LogP contribution >= 0.6 is 11.6 Å². The maximum absolute atomic E-state index is 13.1. The van der Waals surface area contributed by atoms with E-state index in [2.05, 4.69) is 0 Å². The molecule has 1 aromatic carbocycles. The third kappa shape index (κ3) is 3.80. The lowest BCUT2D eigenvalue weighted by molar-refractivity contribution is -0.136. The summed E-state index contributed by atoms with van der Waals surface area (Å²) in [4.78, 5) is 36.8. The Labute approximate surface area is 156 Å². The average molecular weight is 378 g/mol. The Balaban J connectivity index is 2.71. The number of carbonyl (C=O) groups excluding carboxylic acids is 2. The number of rotatable bonds is 7. The normalized spacial score (nSPS) is 10.6. The summed E-state index contributed by atoms with van der Waals surface area (Å²) in [5.74, 6) is -2.05. The van der Waals surface area contributed by atoms with Gasteiger partial charge in [-0.3, -0.25) is 9.59 Å². The van der Waals surface area contributed by atoms with Gasteiger partial charge < -0.3 is 14.4 Å². The van der Waals surface area contributed by atoms with Crippen molar-refractivity contribution >= 4 is 29.3 Å². The summed E-state index contributed by atoms with van der Waals surface area (Å²) in [6, 6.07) is 6.48. The molecular formula is C19H20ClNO5. The summed E-state index contributed by atoms with van der Waals surface area (Å²) in [7, 11) is 1.58. The van der Waals surface area contributed by atoms with Gasteiger partial charge in [-0.05, 0) is 31.0 Å². The summed E-state index contributed by atoms with van der Waals surface area (Å²) in [6.45, 7) is 3.62. The molecule has 0 unspecified atom stereocenters. The zero-order valence-electron chi connectivity index (χ0n) is 14.8. The maximum atomic E-state index is 13.1. The van der Waals surface area contributed by atoms with Gasteiger partial charge in [-0.15, -0.1) is 0 Å². The van der Waals surface area contributed by atoms with E-state index in [-0.39, 0.29) is 35.8 Å². The van der Waals surface area contributed by atoms with Crippen LogP contribution in [0.1, 0.15) is 51.5 Å². The molecule has 26 heavy (non-hydrogen) atoms. The monoisotopic (exact) mass is 377 g/mol. The van der Waals surface area contributed by atoms with E-state index in [0.29, 0.717) is 22.6 Å². The molecule has 6 nitrogen and oxygen atoms in total. The van der Waals surface area contributed by atoms with Crippen LogP contribution in [-0.4, -0.2) is 34.0 Å². The van der Waals surface area contributed by atoms with Gasteiger partial charge in [-0.1, -0.05) is 30.7 Å². The summed E-state index contributed by atoms with van der Waals surface area (Å²) >= 11 is 5.98. The van der Waals surface area contributed by atoms with Gasteiger partial charge in [0.05, 0.1) is 24.3 Å². The summed E-state index contributed by atoms with van der Waals surface area (Å²) < 4.78 is 6.56. The second kappa shape index (κ2) is 8.19.